The first-order chi connectivity index (χ1) is 9.66. The monoisotopic (exact) mass is 277 g/mol. The van der Waals surface area contributed by atoms with Gasteiger partial charge in [0.15, 0.2) is 0 Å². The highest BCUT2D eigenvalue weighted by Gasteiger charge is 2.27. The molecule has 0 saturated carbocycles. The van der Waals surface area contributed by atoms with Crippen LogP contribution < -0.4 is 5.32 Å². The number of esters is 2. The fourth-order valence-corrected chi connectivity index (χ4v) is 2.19. The second-order valence-electron chi connectivity index (χ2n) is 4.88. The van der Waals surface area contributed by atoms with Crippen LogP contribution in [0.1, 0.15) is 25.3 Å². The Morgan fingerprint density at radius 1 is 1.30 bits per heavy atom. The zero-order valence-corrected chi connectivity index (χ0v) is 11.5. The van der Waals surface area contributed by atoms with Gasteiger partial charge < -0.3 is 14.8 Å². The van der Waals surface area contributed by atoms with Crippen LogP contribution in [0.3, 0.4) is 0 Å². The van der Waals surface area contributed by atoms with Crippen molar-refractivity contribution in [2.24, 2.45) is 0 Å². The SMILES string of the molecule is CC(OC(=O)C(=O)OCc1ccccc1)C1CCCN1. The van der Waals surface area contributed by atoms with Gasteiger partial charge in [-0.1, -0.05) is 30.3 Å². The predicted molar refractivity (Wildman–Crippen MR) is 72.8 cm³/mol. The van der Waals surface area contributed by atoms with Crippen molar-refractivity contribution in [1.29, 1.82) is 0 Å². The van der Waals surface area contributed by atoms with E-state index in [0.29, 0.717) is 0 Å². The lowest BCUT2D eigenvalue weighted by atomic mass is 10.1. The van der Waals surface area contributed by atoms with Gasteiger partial charge in [-0.05, 0) is 31.9 Å². The molecule has 0 bridgehead atoms. The number of hydrogen-bond acceptors (Lipinski definition) is 5. The van der Waals surface area contributed by atoms with Crippen LogP contribution in [-0.4, -0.2) is 30.6 Å². The van der Waals surface area contributed by atoms with E-state index >= 15 is 0 Å². The molecular formula is C15H19NO4. The van der Waals surface area contributed by atoms with Crippen molar-refractivity contribution in [2.45, 2.75) is 38.5 Å². The van der Waals surface area contributed by atoms with Gasteiger partial charge in [-0.3, -0.25) is 0 Å². The van der Waals surface area contributed by atoms with Gasteiger partial charge in [0.05, 0.1) is 0 Å². The number of nitrogens with one attached hydrogen (secondary N) is 1. The van der Waals surface area contributed by atoms with Crippen molar-refractivity contribution < 1.29 is 19.1 Å². The predicted octanol–water partition coefficient (Wildman–Crippen LogP) is 1.41. The quantitative estimate of drug-likeness (QED) is 0.666. The summed E-state index contributed by atoms with van der Waals surface area (Å²) >= 11 is 0. The van der Waals surface area contributed by atoms with Crippen molar-refractivity contribution in [3.05, 3.63) is 35.9 Å². The lowest BCUT2D eigenvalue weighted by Gasteiger charge is -2.19. The van der Waals surface area contributed by atoms with Crippen LogP contribution in [0.15, 0.2) is 30.3 Å². The van der Waals surface area contributed by atoms with Crippen molar-refractivity contribution in [3.8, 4) is 0 Å². The minimum atomic E-state index is -0.946. The second kappa shape index (κ2) is 7.05. The third-order valence-electron chi connectivity index (χ3n) is 3.34. The lowest BCUT2D eigenvalue weighted by Crippen LogP contribution is -2.37. The van der Waals surface area contributed by atoms with Crippen molar-refractivity contribution in [3.63, 3.8) is 0 Å². The maximum atomic E-state index is 11.6. The molecule has 2 atom stereocenters. The molecule has 1 aromatic carbocycles. The number of benzene rings is 1. The molecule has 20 heavy (non-hydrogen) atoms. The van der Waals surface area contributed by atoms with Crippen molar-refractivity contribution >= 4 is 11.9 Å². The Balaban J connectivity index is 1.75. The van der Waals surface area contributed by atoms with Crippen LogP contribution in [-0.2, 0) is 25.7 Å². The fraction of sp³-hybridized carbons (Fsp3) is 0.467. The van der Waals surface area contributed by atoms with Gasteiger partial charge >= 0.3 is 11.9 Å². The molecule has 1 fully saturated rings. The molecule has 1 aliphatic rings. The van der Waals surface area contributed by atoms with Crippen molar-refractivity contribution in [1.82, 2.24) is 5.32 Å². The Hall–Kier alpha value is -1.88. The highest BCUT2D eigenvalue weighted by atomic mass is 16.6. The zero-order valence-electron chi connectivity index (χ0n) is 11.5. The van der Waals surface area contributed by atoms with E-state index in [-0.39, 0.29) is 18.8 Å². The number of carbonyl (C=O) groups is 2. The summed E-state index contributed by atoms with van der Waals surface area (Å²) in [6.45, 7) is 2.78. The third kappa shape index (κ3) is 4.06. The summed E-state index contributed by atoms with van der Waals surface area (Å²) in [5.41, 5.74) is 0.833. The first kappa shape index (κ1) is 14.5. The molecule has 2 rings (SSSR count). The lowest BCUT2D eigenvalue weighted by molar-refractivity contribution is -0.172. The molecular weight excluding hydrogens is 258 g/mol. The number of rotatable bonds is 4. The van der Waals surface area contributed by atoms with E-state index in [0.717, 1.165) is 24.9 Å². The second-order valence-corrected chi connectivity index (χ2v) is 4.88. The van der Waals surface area contributed by atoms with Crippen LogP contribution in [0.25, 0.3) is 0 Å². The molecule has 0 radical (unpaired) electrons. The molecule has 0 aliphatic carbocycles. The highest BCUT2D eigenvalue weighted by molar-refractivity contribution is 6.29. The van der Waals surface area contributed by atoms with Crippen LogP contribution in [0.4, 0.5) is 0 Å². The van der Waals surface area contributed by atoms with Gasteiger partial charge in [0.25, 0.3) is 0 Å². The van der Waals surface area contributed by atoms with Gasteiger partial charge in [0.1, 0.15) is 12.7 Å². The largest absolute Gasteiger partial charge is 0.453 e. The Labute approximate surface area is 118 Å². The molecule has 108 valence electrons. The molecule has 1 heterocycles. The molecule has 1 aliphatic heterocycles. The van der Waals surface area contributed by atoms with E-state index in [1.54, 1.807) is 6.92 Å². The average Bonchev–Trinajstić information content (AvgIpc) is 3.00. The van der Waals surface area contributed by atoms with E-state index in [1.165, 1.54) is 0 Å². The molecule has 0 amide bonds. The molecule has 0 spiro atoms. The molecule has 1 aromatic rings. The highest BCUT2D eigenvalue weighted by Crippen LogP contribution is 2.12. The Morgan fingerprint density at radius 3 is 2.70 bits per heavy atom. The van der Waals surface area contributed by atoms with Crippen LogP contribution in [0.5, 0.6) is 0 Å². The van der Waals surface area contributed by atoms with Crippen LogP contribution in [0.2, 0.25) is 0 Å². The fourth-order valence-electron chi connectivity index (χ4n) is 2.19. The van der Waals surface area contributed by atoms with Crippen LogP contribution in [0, 0.1) is 0 Å². The summed E-state index contributed by atoms with van der Waals surface area (Å²) in [5, 5.41) is 3.23. The first-order valence-electron chi connectivity index (χ1n) is 6.82. The Bertz CT molecular complexity index is 454. The third-order valence-corrected chi connectivity index (χ3v) is 3.34. The van der Waals surface area contributed by atoms with E-state index < -0.39 is 11.9 Å². The maximum Gasteiger partial charge on any atom is 0.417 e. The molecule has 0 aromatic heterocycles. The minimum Gasteiger partial charge on any atom is -0.453 e. The minimum absolute atomic E-state index is 0.0742. The van der Waals surface area contributed by atoms with E-state index in [9.17, 15) is 9.59 Å². The molecule has 5 nitrogen and oxygen atoms in total. The summed E-state index contributed by atoms with van der Waals surface area (Å²) in [5.74, 6) is -1.87. The number of ether oxygens (including phenoxy) is 2. The molecule has 1 N–H and O–H groups in total. The Kier molecular flexibility index (Phi) is 5.12. The topological polar surface area (TPSA) is 64.6 Å². The van der Waals surface area contributed by atoms with Gasteiger partial charge in [0.2, 0.25) is 0 Å². The van der Waals surface area contributed by atoms with E-state index in [4.69, 9.17) is 9.47 Å². The Morgan fingerprint density at radius 2 is 2.05 bits per heavy atom. The zero-order chi connectivity index (χ0) is 14.4. The number of hydrogen-bond donors (Lipinski definition) is 1. The number of carbonyl (C=O) groups excluding carboxylic acids is 2. The van der Waals surface area contributed by atoms with E-state index in [1.807, 2.05) is 30.3 Å². The molecule has 5 heteroatoms. The van der Waals surface area contributed by atoms with Gasteiger partial charge in [-0.2, -0.15) is 0 Å². The standard InChI is InChI=1S/C15H19NO4/c1-11(13-8-5-9-16-13)20-15(18)14(17)19-10-12-6-3-2-4-7-12/h2-4,6-7,11,13,16H,5,8-10H2,1H3. The first-order valence-corrected chi connectivity index (χ1v) is 6.82. The average molecular weight is 277 g/mol. The van der Waals surface area contributed by atoms with Gasteiger partial charge in [-0.25, -0.2) is 9.59 Å². The summed E-state index contributed by atoms with van der Waals surface area (Å²) in [7, 11) is 0. The van der Waals surface area contributed by atoms with E-state index in [2.05, 4.69) is 5.32 Å². The summed E-state index contributed by atoms with van der Waals surface area (Å²) in [6, 6.07) is 9.33. The molecule has 1 saturated heterocycles. The van der Waals surface area contributed by atoms with Gasteiger partial charge in [0, 0.05) is 6.04 Å². The van der Waals surface area contributed by atoms with Gasteiger partial charge in [-0.15, -0.1) is 0 Å². The summed E-state index contributed by atoms with van der Waals surface area (Å²) in [4.78, 5) is 23.2. The summed E-state index contributed by atoms with van der Waals surface area (Å²) in [6.07, 6.45) is 1.69. The smallest absolute Gasteiger partial charge is 0.417 e. The van der Waals surface area contributed by atoms with Crippen molar-refractivity contribution in [2.75, 3.05) is 6.54 Å². The maximum absolute atomic E-state index is 11.6. The van der Waals surface area contributed by atoms with Crippen LogP contribution >= 0.6 is 0 Å². The summed E-state index contributed by atoms with van der Waals surface area (Å²) < 4.78 is 10.0. The molecule has 2 unspecified atom stereocenters. The normalized spacial score (nSPS) is 19.4.